The van der Waals surface area contributed by atoms with Crippen molar-refractivity contribution in [3.05, 3.63) is 70.9 Å². The molecule has 22 heavy (non-hydrogen) atoms. The van der Waals surface area contributed by atoms with Crippen LogP contribution in [0.25, 0.3) is 17.0 Å². The van der Waals surface area contributed by atoms with E-state index in [2.05, 4.69) is 30.3 Å². The summed E-state index contributed by atoms with van der Waals surface area (Å²) >= 11 is 6.11. The number of aromatic amines is 1. The van der Waals surface area contributed by atoms with E-state index in [4.69, 9.17) is 16.3 Å². The first-order valence-electron chi connectivity index (χ1n) is 7.26. The maximum Gasteiger partial charge on any atom is 0.118 e. The average molecular weight is 312 g/mol. The van der Waals surface area contributed by atoms with Crippen LogP contribution in [0.1, 0.15) is 24.0 Å². The van der Waals surface area contributed by atoms with E-state index in [9.17, 15) is 0 Å². The fourth-order valence-corrected chi connectivity index (χ4v) is 2.74. The Hall–Kier alpha value is -2.19. The highest BCUT2D eigenvalue weighted by molar-refractivity contribution is 6.31. The van der Waals surface area contributed by atoms with Crippen LogP contribution in [0, 0.1) is 0 Å². The van der Waals surface area contributed by atoms with Crippen molar-refractivity contribution in [3.8, 4) is 5.75 Å². The van der Waals surface area contributed by atoms with Gasteiger partial charge in [-0.2, -0.15) is 0 Å². The predicted molar refractivity (Wildman–Crippen MR) is 93.8 cm³/mol. The third-order valence-electron chi connectivity index (χ3n) is 3.86. The van der Waals surface area contributed by atoms with Crippen molar-refractivity contribution < 1.29 is 4.74 Å². The molecule has 0 bridgehead atoms. The summed E-state index contributed by atoms with van der Waals surface area (Å²) in [7, 11) is 1.68. The highest BCUT2D eigenvalue weighted by Crippen LogP contribution is 2.29. The average Bonchev–Trinajstić information content (AvgIpc) is 2.96. The molecule has 2 aromatic carbocycles. The van der Waals surface area contributed by atoms with Crippen molar-refractivity contribution in [1.29, 1.82) is 0 Å². The quantitative estimate of drug-likeness (QED) is 0.662. The van der Waals surface area contributed by atoms with E-state index in [1.165, 1.54) is 10.9 Å². The summed E-state index contributed by atoms with van der Waals surface area (Å²) in [6, 6.07) is 14.0. The molecular formula is C19H18ClNO. The van der Waals surface area contributed by atoms with Crippen LogP contribution in [-0.4, -0.2) is 12.1 Å². The number of rotatable bonds is 4. The second-order valence-electron chi connectivity index (χ2n) is 5.35. The molecule has 3 heteroatoms. The zero-order valence-corrected chi connectivity index (χ0v) is 13.4. The van der Waals surface area contributed by atoms with E-state index in [0.717, 1.165) is 21.9 Å². The van der Waals surface area contributed by atoms with Gasteiger partial charge in [-0.25, -0.2) is 0 Å². The second-order valence-corrected chi connectivity index (χ2v) is 5.79. The minimum atomic E-state index is 0.300. The number of benzene rings is 2. The lowest BCUT2D eigenvalue weighted by atomic mass is 9.99. The van der Waals surface area contributed by atoms with Crippen LogP contribution in [0.2, 0.25) is 5.02 Å². The molecule has 2 nitrogen and oxygen atoms in total. The topological polar surface area (TPSA) is 25.0 Å². The maximum atomic E-state index is 6.11. The van der Waals surface area contributed by atoms with E-state index in [1.807, 2.05) is 42.5 Å². The van der Waals surface area contributed by atoms with Gasteiger partial charge in [0.05, 0.1) is 7.11 Å². The summed E-state index contributed by atoms with van der Waals surface area (Å²) in [4.78, 5) is 3.30. The number of ether oxygens (including phenoxy) is 1. The van der Waals surface area contributed by atoms with Crippen LogP contribution in [0.4, 0.5) is 0 Å². The van der Waals surface area contributed by atoms with Gasteiger partial charge in [-0.3, -0.25) is 0 Å². The third kappa shape index (κ3) is 3.02. The summed E-state index contributed by atoms with van der Waals surface area (Å²) in [5, 5.41) is 1.94. The molecule has 1 N–H and O–H groups in total. The monoisotopic (exact) mass is 311 g/mol. The number of methoxy groups -OCH3 is 1. The van der Waals surface area contributed by atoms with E-state index >= 15 is 0 Å². The predicted octanol–water partition coefficient (Wildman–Crippen LogP) is 5.65. The number of allylic oxidation sites excluding steroid dienone is 1. The largest absolute Gasteiger partial charge is 0.497 e. The molecule has 112 valence electrons. The van der Waals surface area contributed by atoms with Crippen molar-refractivity contribution in [2.75, 3.05) is 7.11 Å². The molecule has 0 spiro atoms. The Morgan fingerprint density at radius 2 is 1.91 bits per heavy atom. The molecule has 0 aliphatic heterocycles. The minimum Gasteiger partial charge on any atom is -0.497 e. The van der Waals surface area contributed by atoms with Crippen LogP contribution in [0.15, 0.2) is 54.7 Å². The van der Waals surface area contributed by atoms with E-state index in [1.54, 1.807) is 7.11 Å². The molecule has 0 amide bonds. The first-order chi connectivity index (χ1) is 10.7. The van der Waals surface area contributed by atoms with Gasteiger partial charge >= 0.3 is 0 Å². The Kier molecular flexibility index (Phi) is 4.21. The molecule has 0 saturated heterocycles. The zero-order chi connectivity index (χ0) is 15.5. The summed E-state index contributed by atoms with van der Waals surface area (Å²) < 4.78 is 5.17. The first-order valence-corrected chi connectivity index (χ1v) is 7.64. The number of halogens is 1. The summed E-state index contributed by atoms with van der Waals surface area (Å²) in [6.45, 7) is 2.18. The lowest BCUT2D eigenvalue weighted by Gasteiger charge is -2.05. The van der Waals surface area contributed by atoms with Gasteiger partial charge in [-0.1, -0.05) is 42.8 Å². The SMILES string of the molecule is COc1ccc(/C=C/[C@H](C)c2c[nH]c3ccc(Cl)cc23)cc1. The smallest absolute Gasteiger partial charge is 0.118 e. The summed E-state index contributed by atoms with van der Waals surface area (Å²) in [6.07, 6.45) is 6.39. The molecule has 0 radical (unpaired) electrons. The normalized spacial score (nSPS) is 12.9. The molecule has 0 aliphatic rings. The van der Waals surface area contributed by atoms with Gasteiger partial charge in [-0.15, -0.1) is 0 Å². The second kappa shape index (κ2) is 6.29. The fraction of sp³-hybridized carbons (Fsp3) is 0.158. The van der Waals surface area contributed by atoms with Crippen molar-refractivity contribution in [3.63, 3.8) is 0 Å². The summed E-state index contributed by atoms with van der Waals surface area (Å²) in [5.41, 5.74) is 3.52. The molecule has 0 saturated carbocycles. The molecule has 3 rings (SSSR count). The molecule has 1 heterocycles. The Morgan fingerprint density at radius 1 is 1.14 bits per heavy atom. The van der Waals surface area contributed by atoms with Gasteiger partial charge in [0.15, 0.2) is 0 Å². The van der Waals surface area contributed by atoms with Gasteiger partial charge in [0.1, 0.15) is 5.75 Å². The molecule has 3 aromatic rings. The van der Waals surface area contributed by atoms with Crippen LogP contribution in [0.3, 0.4) is 0 Å². The first kappa shape index (κ1) is 14.7. The molecule has 0 unspecified atom stereocenters. The molecule has 0 aliphatic carbocycles. The number of hydrogen-bond donors (Lipinski definition) is 1. The highest BCUT2D eigenvalue weighted by atomic mass is 35.5. The van der Waals surface area contributed by atoms with Crippen molar-refractivity contribution in [2.24, 2.45) is 0 Å². The Bertz CT molecular complexity index is 802. The minimum absolute atomic E-state index is 0.300. The Labute approximate surface area is 135 Å². The number of fused-ring (bicyclic) bond motifs is 1. The third-order valence-corrected chi connectivity index (χ3v) is 4.09. The van der Waals surface area contributed by atoms with Crippen LogP contribution < -0.4 is 4.74 Å². The van der Waals surface area contributed by atoms with Crippen LogP contribution in [0.5, 0.6) is 5.75 Å². The Morgan fingerprint density at radius 3 is 2.64 bits per heavy atom. The van der Waals surface area contributed by atoms with Gasteiger partial charge in [0, 0.05) is 28.0 Å². The van der Waals surface area contributed by atoms with Gasteiger partial charge in [0.2, 0.25) is 0 Å². The molecular weight excluding hydrogens is 294 g/mol. The lowest BCUT2D eigenvalue weighted by molar-refractivity contribution is 0.415. The van der Waals surface area contributed by atoms with Gasteiger partial charge in [-0.05, 0) is 41.5 Å². The molecule has 1 atom stereocenters. The standard InChI is InChI=1S/C19H18ClNO/c1-13(3-4-14-5-8-16(22-2)9-6-14)18-12-21-19-10-7-15(20)11-17(18)19/h3-13,21H,1-2H3/b4-3+/t13-/m0/s1. The number of nitrogens with one attached hydrogen (secondary N) is 1. The summed E-state index contributed by atoms with van der Waals surface area (Å²) in [5.74, 6) is 1.17. The maximum absolute atomic E-state index is 6.11. The van der Waals surface area contributed by atoms with E-state index in [0.29, 0.717) is 5.92 Å². The Balaban J connectivity index is 1.84. The van der Waals surface area contributed by atoms with E-state index in [-0.39, 0.29) is 0 Å². The van der Waals surface area contributed by atoms with Crippen molar-refractivity contribution >= 4 is 28.6 Å². The van der Waals surface area contributed by atoms with Gasteiger partial charge < -0.3 is 9.72 Å². The highest BCUT2D eigenvalue weighted by Gasteiger charge is 2.09. The van der Waals surface area contributed by atoms with Crippen molar-refractivity contribution in [1.82, 2.24) is 4.98 Å². The lowest BCUT2D eigenvalue weighted by Crippen LogP contribution is -1.87. The van der Waals surface area contributed by atoms with Gasteiger partial charge in [0.25, 0.3) is 0 Å². The molecule has 1 aromatic heterocycles. The molecule has 0 fully saturated rings. The number of aromatic nitrogens is 1. The number of H-pyrrole nitrogens is 1. The van der Waals surface area contributed by atoms with Crippen LogP contribution in [-0.2, 0) is 0 Å². The number of hydrogen-bond acceptors (Lipinski definition) is 1. The van der Waals surface area contributed by atoms with Crippen LogP contribution >= 0.6 is 11.6 Å². The van der Waals surface area contributed by atoms with Crippen molar-refractivity contribution in [2.45, 2.75) is 12.8 Å². The van der Waals surface area contributed by atoms with E-state index < -0.39 is 0 Å². The fourth-order valence-electron chi connectivity index (χ4n) is 2.57. The zero-order valence-electron chi connectivity index (χ0n) is 12.6.